The molecule has 1 rings (SSSR count). The third-order valence-corrected chi connectivity index (χ3v) is 2.52. The van der Waals surface area contributed by atoms with Crippen molar-refractivity contribution in [2.45, 2.75) is 20.3 Å². The van der Waals surface area contributed by atoms with Crippen molar-refractivity contribution in [3.05, 3.63) is 27.5 Å². The summed E-state index contributed by atoms with van der Waals surface area (Å²) in [6, 6.07) is 0. The first kappa shape index (κ1) is 12.4. The third-order valence-electron chi connectivity index (χ3n) is 2.24. The van der Waals surface area contributed by atoms with Crippen molar-refractivity contribution in [2.24, 2.45) is 0 Å². The number of carboxylic acids is 2. The fourth-order valence-electron chi connectivity index (χ4n) is 1.57. The standard InChI is InChI=1S/C10H10ClNO4/c1-3-5-4(2)12-8(11)7(10(15)16)6(5)9(13)14/h3H2,1-2H3,(H,13,14)(H,15,16). The van der Waals surface area contributed by atoms with E-state index in [2.05, 4.69) is 4.98 Å². The van der Waals surface area contributed by atoms with E-state index in [4.69, 9.17) is 21.8 Å². The van der Waals surface area contributed by atoms with Gasteiger partial charge < -0.3 is 10.2 Å². The molecule has 0 radical (unpaired) electrons. The van der Waals surface area contributed by atoms with Crippen LogP contribution >= 0.6 is 11.6 Å². The molecule has 0 amide bonds. The molecule has 0 fully saturated rings. The van der Waals surface area contributed by atoms with Crippen LogP contribution in [0.15, 0.2) is 0 Å². The number of carbonyl (C=O) groups is 2. The van der Waals surface area contributed by atoms with Gasteiger partial charge >= 0.3 is 11.9 Å². The summed E-state index contributed by atoms with van der Waals surface area (Å²) in [7, 11) is 0. The number of aromatic nitrogens is 1. The molecular formula is C10H10ClNO4. The van der Waals surface area contributed by atoms with E-state index in [0.717, 1.165) is 0 Å². The second-order valence-corrected chi connectivity index (χ2v) is 3.54. The number of hydrogen-bond donors (Lipinski definition) is 2. The van der Waals surface area contributed by atoms with Crippen LogP contribution in [-0.4, -0.2) is 27.1 Å². The van der Waals surface area contributed by atoms with Crippen LogP contribution in [0.4, 0.5) is 0 Å². The molecule has 0 aliphatic carbocycles. The normalized spacial score (nSPS) is 10.2. The molecule has 2 N–H and O–H groups in total. The second kappa shape index (κ2) is 4.49. The molecular weight excluding hydrogens is 234 g/mol. The molecule has 16 heavy (non-hydrogen) atoms. The SMILES string of the molecule is CCc1c(C)nc(Cl)c(C(=O)O)c1C(=O)O. The number of pyridine rings is 1. The van der Waals surface area contributed by atoms with Gasteiger partial charge in [-0.15, -0.1) is 0 Å². The van der Waals surface area contributed by atoms with Crippen molar-refractivity contribution in [1.29, 1.82) is 0 Å². The molecule has 0 unspecified atom stereocenters. The van der Waals surface area contributed by atoms with Gasteiger partial charge in [0.05, 0.1) is 5.56 Å². The molecule has 5 nitrogen and oxygen atoms in total. The first-order valence-corrected chi connectivity index (χ1v) is 4.93. The number of aromatic carboxylic acids is 2. The molecule has 0 saturated carbocycles. The highest BCUT2D eigenvalue weighted by molar-refractivity contribution is 6.33. The van der Waals surface area contributed by atoms with Gasteiger partial charge in [-0.1, -0.05) is 18.5 Å². The van der Waals surface area contributed by atoms with E-state index in [1.165, 1.54) is 0 Å². The number of aryl methyl sites for hydroxylation is 1. The van der Waals surface area contributed by atoms with Crippen LogP contribution in [0.1, 0.15) is 38.9 Å². The molecule has 0 aliphatic rings. The summed E-state index contributed by atoms with van der Waals surface area (Å²) in [5.41, 5.74) is 0.119. The number of rotatable bonds is 3. The van der Waals surface area contributed by atoms with Crippen molar-refractivity contribution in [2.75, 3.05) is 0 Å². The lowest BCUT2D eigenvalue weighted by molar-refractivity contribution is 0.0650. The van der Waals surface area contributed by atoms with E-state index in [-0.39, 0.29) is 10.7 Å². The molecule has 0 bridgehead atoms. The Kier molecular flexibility index (Phi) is 3.49. The smallest absolute Gasteiger partial charge is 0.339 e. The number of carboxylic acid groups (broad SMARTS) is 2. The molecule has 1 aromatic heterocycles. The minimum atomic E-state index is -1.38. The van der Waals surface area contributed by atoms with E-state index in [0.29, 0.717) is 17.7 Å². The second-order valence-electron chi connectivity index (χ2n) is 3.18. The topological polar surface area (TPSA) is 87.5 Å². The predicted molar refractivity (Wildman–Crippen MR) is 57.3 cm³/mol. The fraction of sp³-hybridized carbons (Fsp3) is 0.300. The van der Waals surface area contributed by atoms with Gasteiger partial charge in [-0.3, -0.25) is 0 Å². The van der Waals surface area contributed by atoms with Crippen LogP contribution in [0.25, 0.3) is 0 Å². The summed E-state index contributed by atoms with van der Waals surface area (Å²) >= 11 is 5.65. The number of halogens is 1. The predicted octanol–water partition coefficient (Wildman–Crippen LogP) is 2.00. The first-order valence-electron chi connectivity index (χ1n) is 4.55. The van der Waals surface area contributed by atoms with Gasteiger partial charge in [-0.05, 0) is 18.9 Å². The zero-order valence-corrected chi connectivity index (χ0v) is 9.50. The Balaban J connectivity index is 3.72. The van der Waals surface area contributed by atoms with Crippen molar-refractivity contribution in [1.82, 2.24) is 4.98 Å². The minimum absolute atomic E-state index is 0.271. The Morgan fingerprint density at radius 2 is 1.75 bits per heavy atom. The Labute approximate surface area is 96.7 Å². The van der Waals surface area contributed by atoms with E-state index >= 15 is 0 Å². The van der Waals surface area contributed by atoms with E-state index < -0.39 is 17.5 Å². The zero-order chi connectivity index (χ0) is 12.5. The van der Waals surface area contributed by atoms with Crippen LogP contribution in [0.3, 0.4) is 0 Å². The lowest BCUT2D eigenvalue weighted by atomic mass is 9.99. The average Bonchev–Trinajstić information content (AvgIpc) is 2.15. The van der Waals surface area contributed by atoms with Gasteiger partial charge in [-0.25, -0.2) is 14.6 Å². The number of nitrogens with zero attached hydrogens (tertiary/aromatic N) is 1. The highest BCUT2D eigenvalue weighted by Crippen LogP contribution is 2.24. The Morgan fingerprint density at radius 3 is 2.12 bits per heavy atom. The lowest BCUT2D eigenvalue weighted by Crippen LogP contribution is -2.15. The first-order chi connectivity index (χ1) is 7.40. The summed E-state index contributed by atoms with van der Waals surface area (Å²) in [6.45, 7) is 3.33. The molecule has 1 aromatic rings. The summed E-state index contributed by atoms with van der Waals surface area (Å²) < 4.78 is 0. The van der Waals surface area contributed by atoms with Crippen molar-refractivity contribution >= 4 is 23.5 Å². The maximum absolute atomic E-state index is 11.1. The Hall–Kier alpha value is -1.62. The van der Waals surface area contributed by atoms with Gasteiger partial charge in [0.2, 0.25) is 0 Å². The van der Waals surface area contributed by atoms with E-state index in [1.807, 2.05) is 0 Å². The quantitative estimate of drug-likeness (QED) is 0.793. The summed E-state index contributed by atoms with van der Waals surface area (Å²) in [6.07, 6.45) is 0.387. The fourth-order valence-corrected chi connectivity index (χ4v) is 1.87. The monoisotopic (exact) mass is 243 g/mol. The molecule has 6 heteroatoms. The summed E-state index contributed by atoms with van der Waals surface area (Å²) in [5, 5.41) is 17.7. The van der Waals surface area contributed by atoms with Crippen LogP contribution in [0.2, 0.25) is 5.15 Å². The zero-order valence-electron chi connectivity index (χ0n) is 8.74. The van der Waals surface area contributed by atoms with Gasteiger partial charge in [0.25, 0.3) is 0 Å². The average molecular weight is 244 g/mol. The summed E-state index contributed by atoms with van der Waals surface area (Å²) in [5.74, 6) is -2.69. The van der Waals surface area contributed by atoms with Gasteiger partial charge in [0.1, 0.15) is 10.7 Å². The van der Waals surface area contributed by atoms with Gasteiger partial charge in [0.15, 0.2) is 0 Å². The highest BCUT2D eigenvalue weighted by Gasteiger charge is 2.25. The van der Waals surface area contributed by atoms with Crippen LogP contribution in [0.5, 0.6) is 0 Å². The highest BCUT2D eigenvalue weighted by atomic mass is 35.5. The lowest BCUT2D eigenvalue weighted by Gasteiger charge is -2.11. The van der Waals surface area contributed by atoms with Crippen LogP contribution in [0, 0.1) is 6.92 Å². The van der Waals surface area contributed by atoms with Crippen molar-refractivity contribution in [3.8, 4) is 0 Å². The summed E-state index contributed by atoms with van der Waals surface area (Å²) in [4.78, 5) is 25.8. The number of hydrogen-bond acceptors (Lipinski definition) is 3. The maximum atomic E-state index is 11.1. The minimum Gasteiger partial charge on any atom is -0.478 e. The van der Waals surface area contributed by atoms with E-state index in [9.17, 15) is 9.59 Å². The molecule has 1 heterocycles. The molecule has 0 aromatic carbocycles. The molecule has 0 saturated heterocycles. The molecule has 0 atom stereocenters. The van der Waals surface area contributed by atoms with Crippen molar-refractivity contribution in [3.63, 3.8) is 0 Å². The molecule has 0 aliphatic heterocycles. The van der Waals surface area contributed by atoms with Crippen LogP contribution in [-0.2, 0) is 6.42 Å². The van der Waals surface area contributed by atoms with Crippen molar-refractivity contribution < 1.29 is 19.8 Å². The van der Waals surface area contributed by atoms with E-state index in [1.54, 1.807) is 13.8 Å². The molecule has 0 spiro atoms. The Morgan fingerprint density at radius 1 is 1.25 bits per heavy atom. The maximum Gasteiger partial charge on any atom is 0.339 e. The largest absolute Gasteiger partial charge is 0.478 e. The Bertz CT molecular complexity index is 470. The van der Waals surface area contributed by atoms with Crippen LogP contribution < -0.4 is 0 Å². The third kappa shape index (κ3) is 1.99. The molecule has 86 valence electrons. The van der Waals surface area contributed by atoms with Gasteiger partial charge in [0, 0.05) is 5.69 Å². The van der Waals surface area contributed by atoms with Gasteiger partial charge in [-0.2, -0.15) is 0 Å².